The van der Waals surface area contributed by atoms with Crippen molar-refractivity contribution in [2.24, 2.45) is 23.2 Å². The van der Waals surface area contributed by atoms with Crippen LogP contribution in [-0.2, 0) is 44.7 Å². The Morgan fingerprint density at radius 2 is 1.69 bits per heavy atom. The number of rotatable bonds is 8. The predicted molar refractivity (Wildman–Crippen MR) is 98.2 cm³/mol. The molecular weight excluding hydrogens is 379 g/mol. The first-order chi connectivity index (χ1) is 12.3. The van der Waals surface area contributed by atoms with E-state index in [1.54, 1.807) is 0 Å². The van der Waals surface area contributed by atoms with Gasteiger partial charge in [-0.05, 0) is 50.3 Å². The fourth-order valence-corrected chi connectivity index (χ4v) is 7.83. The highest BCUT2D eigenvalue weighted by molar-refractivity contribution is 8.09. The molecule has 2 saturated carbocycles. The minimum Gasteiger partial charge on any atom is -0.468 e. The zero-order valence-electron chi connectivity index (χ0n) is 15.7. The highest BCUT2D eigenvalue weighted by Gasteiger charge is 2.67. The maximum absolute atomic E-state index is 12.6. The lowest BCUT2D eigenvalue weighted by molar-refractivity contribution is -0.172. The highest BCUT2D eigenvalue weighted by atomic mass is 32.5. The molecule has 3 atom stereocenters. The van der Waals surface area contributed by atoms with Crippen molar-refractivity contribution in [2.45, 2.75) is 33.1 Å². The second-order valence-electron chi connectivity index (χ2n) is 6.69. The number of hydrogen-bond donors (Lipinski definition) is 0. The Balaban J connectivity index is 2.42. The molecule has 7 nitrogen and oxygen atoms in total. The van der Waals surface area contributed by atoms with E-state index in [1.165, 1.54) is 14.2 Å². The minimum atomic E-state index is -2.60. The molecule has 0 aromatic heterocycles. The van der Waals surface area contributed by atoms with Gasteiger partial charge in [0.2, 0.25) is 0 Å². The summed E-state index contributed by atoms with van der Waals surface area (Å²) in [5, 5.41) is 0. The number of ether oxygens (including phenoxy) is 2. The largest absolute Gasteiger partial charge is 0.468 e. The third-order valence-corrected chi connectivity index (χ3v) is 8.74. The van der Waals surface area contributed by atoms with Gasteiger partial charge in [0.1, 0.15) is 5.78 Å². The summed E-state index contributed by atoms with van der Waals surface area (Å²) in [5.74, 6) is -2.33. The zero-order chi connectivity index (χ0) is 19.5. The summed E-state index contributed by atoms with van der Waals surface area (Å²) in [5.41, 5.74) is -1.45. The first kappa shape index (κ1) is 21.5. The second kappa shape index (κ2) is 8.46. The van der Waals surface area contributed by atoms with Gasteiger partial charge in [-0.25, -0.2) is 0 Å². The highest BCUT2D eigenvalue weighted by Crippen LogP contribution is 2.62. The number of carbonyl (C=O) groups is 3. The predicted octanol–water partition coefficient (Wildman–Crippen LogP) is 2.32. The van der Waals surface area contributed by atoms with Crippen LogP contribution in [0.3, 0.4) is 0 Å². The molecule has 0 aliphatic heterocycles. The van der Waals surface area contributed by atoms with E-state index in [4.69, 9.17) is 30.3 Å². The van der Waals surface area contributed by atoms with E-state index in [0.29, 0.717) is 32.2 Å². The van der Waals surface area contributed by atoms with Gasteiger partial charge in [0.15, 0.2) is 11.9 Å². The number of ketones is 1. The summed E-state index contributed by atoms with van der Waals surface area (Å²) in [6.07, 6.45) is 1.34. The first-order valence-electron chi connectivity index (χ1n) is 8.87. The molecule has 0 unspecified atom stereocenters. The van der Waals surface area contributed by atoms with E-state index in [1.807, 2.05) is 13.8 Å². The van der Waals surface area contributed by atoms with Crippen molar-refractivity contribution in [3.05, 3.63) is 0 Å². The Morgan fingerprint density at radius 3 is 2.15 bits per heavy atom. The molecule has 0 aromatic carbocycles. The normalized spacial score (nSPS) is 27.2. The van der Waals surface area contributed by atoms with Gasteiger partial charge < -0.3 is 18.5 Å². The van der Waals surface area contributed by atoms with E-state index >= 15 is 0 Å². The Morgan fingerprint density at radius 1 is 1.15 bits per heavy atom. The Hall–Kier alpha value is -0.820. The summed E-state index contributed by atoms with van der Waals surface area (Å²) in [7, 11) is 2.49. The van der Waals surface area contributed by atoms with E-state index in [-0.39, 0.29) is 18.1 Å². The molecule has 26 heavy (non-hydrogen) atoms. The molecule has 0 bridgehead atoms. The van der Waals surface area contributed by atoms with Crippen LogP contribution in [0.2, 0.25) is 0 Å². The maximum Gasteiger partial charge on any atom is 0.323 e. The second-order valence-corrected chi connectivity index (χ2v) is 10.5. The van der Waals surface area contributed by atoms with Crippen molar-refractivity contribution in [2.75, 3.05) is 33.6 Å². The third kappa shape index (κ3) is 3.61. The molecule has 0 amide bonds. The van der Waals surface area contributed by atoms with Crippen LogP contribution >= 0.6 is 6.49 Å². The number of Topliss-reactive ketones (excluding diaryl/α,β-unsaturated/α-hetero) is 1. The van der Waals surface area contributed by atoms with E-state index in [9.17, 15) is 14.4 Å². The van der Waals surface area contributed by atoms with Crippen LogP contribution in [0.4, 0.5) is 0 Å². The molecule has 2 fully saturated rings. The van der Waals surface area contributed by atoms with Gasteiger partial charge >= 0.3 is 11.9 Å². The Kier molecular flexibility index (Phi) is 6.99. The molecule has 0 heterocycles. The first-order valence-corrected chi connectivity index (χ1v) is 11.7. The molecule has 0 saturated heterocycles. The Bertz CT molecular complexity index is 594. The molecule has 148 valence electrons. The molecule has 0 N–H and O–H groups in total. The number of fused-ring (bicyclic) bond motifs is 1. The lowest BCUT2D eigenvalue weighted by Crippen LogP contribution is -2.44. The summed E-state index contributed by atoms with van der Waals surface area (Å²) in [6, 6.07) is 0. The fourth-order valence-electron chi connectivity index (χ4n) is 4.62. The third-order valence-electron chi connectivity index (χ3n) is 5.44. The average Bonchev–Trinajstić information content (AvgIpc) is 3.14. The van der Waals surface area contributed by atoms with Gasteiger partial charge in [0.25, 0.3) is 0 Å². The monoisotopic (exact) mass is 406 g/mol. The van der Waals surface area contributed by atoms with Crippen molar-refractivity contribution in [1.29, 1.82) is 0 Å². The molecule has 0 radical (unpaired) electrons. The van der Waals surface area contributed by atoms with Crippen molar-refractivity contribution < 1.29 is 32.9 Å². The van der Waals surface area contributed by atoms with Crippen LogP contribution in [0, 0.1) is 23.2 Å². The minimum absolute atomic E-state index is 0.0595. The fraction of sp³-hybridized carbons (Fsp3) is 0.824. The maximum atomic E-state index is 12.6. The number of hydrogen-bond acceptors (Lipinski definition) is 8. The van der Waals surface area contributed by atoms with Crippen LogP contribution in [0.15, 0.2) is 0 Å². The van der Waals surface area contributed by atoms with E-state index < -0.39 is 35.7 Å². The van der Waals surface area contributed by atoms with Gasteiger partial charge in [0, 0.05) is 18.5 Å². The van der Waals surface area contributed by atoms with Gasteiger partial charge in [-0.3, -0.25) is 14.4 Å². The summed E-state index contributed by atoms with van der Waals surface area (Å²) in [4.78, 5) is 37.8. The number of methoxy groups -OCH3 is 2. The van der Waals surface area contributed by atoms with Crippen LogP contribution in [0.5, 0.6) is 0 Å². The molecule has 0 aromatic rings. The van der Waals surface area contributed by atoms with E-state index in [2.05, 4.69) is 0 Å². The molecule has 9 heteroatoms. The average molecular weight is 406 g/mol. The summed E-state index contributed by atoms with van der Waals surface area (Å²) < 4.78 is 21.3. The van der Waals surface area contributed by atoms with Gasteiger partial charge in [0.05, 0.1) is 27.4 Å². The van der Waals surface area contributed by atoms with Crippen molar-refractivity contribution in [3.63, 3.8) is 0 Å². The molecule has 0 spiro atoms. The smallest absolute Gasteiger partial charge is 0.323 e. The topological polar surface area (TPSA) is 88.1 Å². The standard InChI is InChI=1S/C17H27O7PS/c1-5-23-25(26,24-6-2)10-11-9-17(15(19)21-3,16(20)22-4)12-7-8-13(18)14(11)12/h11-12,14H,5-10H2,1-4H3/t11-,12+,14+/m1/s1. The zero-order valence-corrected chi connectivity index (χ0v) is 17.4. The molecule has 2 rings (SSSR count). The van der Waals surface area contributed by atoms with Crippen LogP contribution in [-0.4, -0.2) is 51.3 Å². The molecular formula is C17H27O7PS. The summed E-state index contributed by atoms with van der Waals surface area (Å²) in [6.45, 7) is 1.89. The SMILES string of the molecule is CCOP(=S)(C[C@H]1CC(C(=O)OC)(C(=O)OC)[C@H]2CCC(=O)[C@@H]12)OCC. The van der Waals surface area contributed by atoms with Crippen molar-refractivity contribution in [3.8, 4) is 0 Å². The number of esters is 2. The lowest BCUT2D eigenvalue weighted by Gasteiger charge is -2.29. The lowest BCUT2D eigenvalue weighted by atomic mass is 9.76. The van der Waals surface area contributed by atoms with E-state index in [0.717, 1.165) is 0 Å². The van der Waals surface area contributed by atoms with Gasteiger partial charge in [-0.15, -0.1) is 0 Å². The van der Waals surface area contributed by atoms with Crippen LogP contribution in [0.1, 0.15) is 33.1 Å². The quantitative estimate of drug-likeness (QED) is 0.345. The van der Waals surface area contributed by atoms with Crippen LogP contribution in [0.25, 0.3) is 0 Å². The molecule has 2 aliphatic rings. The van der Waals surface area contributed by atoms with Gasteiger partial charge in [-0.2, -0.15) is 0 Å². The van der Waals surface area contributed by atoms with Crippen molar-refractivity contribution >= 4 is 36.0 Å². The molecule has 2 aliphatic carbocycles. The van der Waals surface area contributed by atoms with Crippen molar-refractivity contribution in [1.82, 2.24) is 0 Å². The summed E-state index contributed by atoms with van der Waals surface area (Å²) >= 11 is 5.62. The van der Waals surface area contributed by atoms with Crippen LogP contribution < -0.4 is 0 Å². The number of carbonyl (C=O) groups excluding carboxylic acids is 3. The Labute approximate surface area is 159 Å². The van der Waals surface area contributed by atoms with Gasteiger partial charge in [-0.1, -0.05) is 0 Å².